The molecule has 6 heteroatoms. The van der Waals surface area contributed by atoms with Gasteiger partial charge < -0.3 is 21.3 Å². The first kappa shape index (κ1) is 21.5. The number of azo groups is 1. The van der Waals surface area contributed by atoms with Crippen molar-refractivity contribution in [1.29, 1.82) is 0 Å². The molecule has 3 rings (SSSR count). The van der Waals surface area contributed by atoms with Crippen LogP contribution in [-0.4, -0.2) is 26.4 Å². The van der Waals surface area contributed by atoms with Gasteiger partial charge in [0.15, 0.2) is 0 Å². The summed E-state index contributed by atoms with van der Waals surface area (Å²) in [4.78, 5) is 4.07. The minimum atomic E-state index is -0.196. The van der Waals surface area contributed by atoms with E-state index in [1.54, 1.807) is 0 Å². The van der Waals surface area contributed by atoms with E-state index in [9.17, 15) is 0 Å². The maximum Gasteiger partial charge on any atom is 0.0858 e. The molecule has 0 heterocycles. The van der Waals surface area contributed by atoms with Crippen molar-refractivity contribution in [3.8, 4) is 11.1 Å². The molecule has 0 spiro atoms. The first-order valence-electron chi connectivity index (χ1n) is 10.0. The predicted molar refractivity (Wildman–Crippen MR) is 127 cm³/mol. The Balaban J connectivity index is 1.83. The Morgan fingerprint density at radius 1 is 0.700 bits per heavy atom. The van der Waals surface area contributed by atoms with Crippen LogP contribution in [0.3, 0.4) is 0 Å². The Morgan fingerprint density at radius 3 is 1.70 bits per heavy atom. The fourth-order valence-electron chi connectivity index (χ4n) is 3.39. The van der Waals surface area contributed by atoms with Crippen molar-refractivity contribution in [2.24, 2.45) is 21.7 Å². The van der Waals surface area contributed by atoms with E-state index in [1.165, 1.54) is 0 Å². The van der Waals surface area contributed by atoms with E-state index in [2.05, 4.69) is 21.2 Å². The number of hydrogen-bond donors (Lipinski definition) is 2. The summed E-state index contributed by atoms with van der Waals surface area (Å²) in [6, 6.07) is 24.1. The zero-order chi connectivity index (χ0) is 21.7. The molecule has 0 bridgehead atoms. The summed E-state index contributed by atoms with van der Waals surface area (Å²) >= 11 is 0. The number of nitrogens with two attached hydrogens (primary N) is 2. The molecule has 156 valence electrons. The van der Waals surface area contributed by atoms with Crippen LogP contribution in [0.2, 0.25) is 0 Å². The topological polar surface area (TPSA) is 83.2 Å². The van der Waals surface area contributed by atoms with Crippen molar-refractivity contribution >= 4 is 22.7 Å². The SMILES string of the molecule is CC(N)N(c1ccccc1-c1ccc(N=Nc2ccc(N(C)C)cc2)cc1)C(C)N. The average molecular weight is 403 g/mol. The third-order valence-corrected chi connectivity index (χ3v) is 4.89. The quantitative estimate of drug-likeness (QED) is 0.417. The lowest BCUT2D eigenvalue weighted by Gasteiger charge is -2.34. The van der Waals surface area contributed by atoms with Gasteiger partial charge in [-0.2, -0.15) is 10.2 Å². The lowest BCUT2D eigenvalue weighted by Crippen LogP contribution is -2.49. The molecule has 0 saturated carbocycles. The zero-order valence-electron chi connectivity index (χ0n) is 18.0. The summed E-state index contributed by atoms with van der Waals surface area (Å²) in [6.07, 6.45) is -0.392. The van der Waals surface area contributed by atoms with E-state index in [4.69, 9.17) is 11.5 Å². The number of nitrogens with zero attached hydrogens (tertiary/aromatic N) is 4. The number of anilines is 2. The highest BCUT2D eigenvalue weighted by Crippen LogP contribution is 2.33. The molecule has 3 aromatic carbocycles. The molecule has 3 aromatic rings. The van der Waals surface area contributed by atoms with Crippen LogP contribution in [-0.2, 0) is 0 Å². The molecular weight excluding hydrogens is 372 g/mol. The molecule has 2 unspecified atom stereocenters. The summed E-state index contributed by atoms with van der Waals surface area (Å²) in [5, 5.41) is 8.70. The van der Waals surface area contributed by atoms with E-state index in [1.807, 2.05) is 99.6 Å². The normalized spacial score (nSPS) is 13.3. The first-order valence-corrected chi connectivity index (χ1v) is 10.0. The molecule has 0 amide bonds. The molecule has 0 saturated heterocycles. The van der Waals surface area contributed by atoms with Gasteiger partial charge in [0.1, 0.15) is 0 Å². The number of hydrogen-bond acceptors (Lipinski definition) is 6. The third-order valence-electron chi connectivity index (χ3n) is 4.89. The van der Waals surface area contributed by atoms with E-state index < -0.39 is 0 Å². The van der Waals surface area contributed by atoms with Crippen molar-refractivity contribution < 1.29 is 0 Å². The van der Waals surface area contributed by atoms with Gasteiger partial charge in [-0.15, -0.1) is 0 Å². The highest BCUT2D eigenvalue weighted by Gasteiger charge is 2.18. The van der Waals surface area contributed by atoms with Gasteiger partial charge >= 0.3 is 0 Å². The van der Waals surface area contributed by atoms with Crippen LogP contribution in [0, 0.1) is 0 Å². The molecule has 30 heavy (non-hydrogen) atoms. The summed E-state index contributed by atoms with van der Waals surface area (Å²) < 4.78 is 0. The van der Waals surface area contributed by atoms with Crippen molar-refractivity contribution in [1.82, 2.24) is 0 Å². The Kier molecular flexibility index (Phi) is 6.82. The van der Waals surface area contributed by atoms with Crippen molar-refractivity contribution in [3.05, 3.63) is 72.8 Å². The van der Waals surface area contributed by atoms with Crippen LogP contribution in [0.1, 0.15) is 13.8 Å². The zero-order valence-corrected chi connectivity index (χ0v) is 18.0. The van der Waals surface area contributed by atoms with Crippen LogP contribution >= 0.6 is 0 Å². The lowest BCUT2D eigenvalue weighted by atomic mass is 10.0. The summed E-state index contributed by atoms with van der Waals surface area (Å²) in [6.45, 7) is 3.88. The molecule has 6 nitrogen and oxygen atoms in total. The fourth-order valence-corrected chi connectivity index (χ4v) is 3.39. The van der Waals surface area contributed by atoms with Gasteiger partial charge in [0.2, 0.25) is 0 Å². The van der Waals surface area contributed by atoms with E-state index in [0.717, 1.165) is 33.9 Å². The minimum absolute atomic E-state index is 0.196. The summed E-state index contributed by atoms with van der Waals surface area (Å²) in [5.41, 5.74) is 18.3. The van der Waals surface area contributed by atoms with Gasteiger partial charge in [0, 0.05) is 31.0 Å². The van der Waals surface area contributed by atoms with Crippen LogP contribution in [0.15, 0.2) is 83.0 Å². The molecule has 0 fully saturated rings. The summed E-state index contributed by atoms with van der Waals surface area (Å²) in [5.74, 6) is 0. The van der Waals surface area contributed by atoms with E-state index >= 15 is 0 Å². The minimum Gasteiger partial charge on any atom is -0.378 e. The monoisotopic (exact) mass is 402 g/mol. The standard InChI is InChI=1S/C24H30N6/c1-17(25)30(18(2)26)24-8-6-5-7-23(24)19-9-11-20(12-10-19)27-28-21-13-15-22(16-14-21)29(3)4/h5-18H,25-26H2,1-4H3. The van der Waals surface area contributed by atoms with Gasteiger partial charge in [0.25, 0.3) is 0 Å². The van der Waals surface area contributed by atoms with Crippen molar-refractivity contribution in [2.75, 3.05) is 23.9 Å². The second-order valence-corrected chi connectivity index (χ2v) is 7.56. The maximum atomic E-state index is 6.18. The van der Waals surface area contributed by atoms with E-state index in [0.29, 0.717) is 0 Å². The average Bonchev–Trinajstić information content (AvgIpc) is 2.73. The largest absolute Gasteiger partial charge is 0.378 e. The van der Waals surface area contributed by atoms with Gasteiger partial charge in [-0.3, -0.25) is 0 Å². The third kappa shape index (κ3) is 5.03. The number of para-hydroxylation sites is 1. The Morgan fingerprint density at radius 2 is 1.20 bits per heavy atom. The van der Waals surface area contributed by atoms with Crippen LogP contribution in [0.25, 0.3) is 11.1 Å². The Labute approximate surface area is 178 Å². The smallest absolute Gasteiger partial charge is 0.0858 e. The van der Waals surface area contributed by atoms with Crippen molar-refractivity contribution in [3.63, 3.8) is 0 Å². The van der Waals surface area contributed by atoms with E-state index in [-0.39, 0.29) is 12.3 Å². The second kappa shape index (κ2) is 9.52. The molecule has 0 aliphatic heterocycles. The number of rotatable bonds is 7. The summed E-state index contributed by atoms with van der Waals surface area (Å²) in [7, 11) is 4.02. The molecule has 4 N–H and O–H groups in total. The Bertz CT molecular complexity index is 967. The van der Waals surface area contributed by atoms with Gasteiger partial charge in [-0.1, -0.05) is 30.3 Å². The Hall–Kier alpha value is -3.22. The van der Waals surface area contributed by atoms with Gasteiger partial charge in [0.05, 0.1) is 23.7 Å². The molecular formula is C24H30N6. The highest BCUT2D eigenvalue weighted by atomic mass is 15.3. The molecule has 0 aliphatic carbocycles. The lowest BCUT2D eigenvalue weighted by molar-refractivity contribution is 0.575. The maximum absolute atomic E-state index is 6.18. The van der Waals surface area contributed by atoms with Crippen LogP contribution in [0.4, 0.5) is 22.7 Å². The van der Waals surface area contributed by atoms with Crippen molar-refractivity contribution in [2.45, 2.75) is 26.2 Å². The second-order valence-electron chi connectivity index (χ2n) is 7.56. The molecule has 0 aromatic heterocycles. The molecule has 2 atom stereocenters. The van der Waals surface area contributed by atoms with Gasteiger partial charge in [-0.05, 0) is 61.9 Å². The predicted octanol–water partition coefficient (Wildman–Crippen LogP) is 5.25. The fraction of sp³-hybridized carbons (Fsp3) is 0.250. The number of benzene rings is 3. The van der Waals surface area contributed by atoms with Crippen LogP contribution < -0.4 is 21.3 Å². The highest BCUT2D eigenvalue weighted by molar-refractivity contribution is 5.79. The molecule has 0 radical (unpaired) electrons. The molecule has 0 aliphatic rings. The first-order chi connectivity index (χ1) is 14.4. The van der Waals surface area contributed by atoms with Crippen LogP contribution in [0.5, 0.6) is 0 Å². The van der Waals surface area contributed by atoms with Gasteiger partial charge in [-0.25, -0.2) is 0 Å².